The molecule has 1 saturated heterocycles. The summed E-state index contributed by atoms with van der Waals surface area (Å²) in [5, 5.41) is 2.94. The second-order valence-corrected chi connectivity index (χ2v) is 6.97. The molecular formula is C22H26N2O4. The Bertz CT molecular complexity index is 865. The van der Waals surface area contributed by atoms with Gasteiger partial charge < -0.3 is 19.7 Å². The van der Waals surface area contributed by atoms with Gasteiger partial charge in [-0.2, -0.15) is 0 Å². The number of nitrogens with zero attached hydrogens (tertiary/aromatic N) is 1. The van der Waals surface area contributed by atoms with Crippen LogP contribution in [-0.2, 0) is 9.59 Å². The molecule has 6 nitrogen and oxygen atoms in total. The first-order chi connectivity index (χ1) is 13.5. The molecule has 0 bridgehead atoms. The molecule has 0 unspecified atom stereocenters. The van der Waals surface area contributed by atoms with E-state index in [2.05, 4.69) is 5.32 Å². The van der Waals surface area contributed by atoms with Gasteiger partial charge in [0.25, 0.3) is 5.91 Å². The first-order valence-corrected chi connectivity index (χ1v) is 9.45. The Morgan fingerprint density at radius 2 is 2.07 bits per heavy atom. The van der Waals surface area contributed by atoms with Gasteiger partial charge in [-0.15, -0.1) is 0 Å². The van der Waals surface area contributed by atoms with Crippen LogP contribution in [0.25, 0.3) is 0 Å². The molecular weight excluding hydrogens is 356 g/mol. The van der Waals surface area contributed by atoms with Crippen LogP contribution in [-0.4, -0.2) is 32.1 Å². The zero-order chi connectivity index (χ0) is 20.1. The molecule has 0 aliphatic carbocycles. The van der Waals surface area contributed by atoms with Crippen LogP contribution in [0.4, 0.5) is 5.69 Å². The van der Waals surface area contributed by atoms with Crippen LogP contribution < -0.4 is 19.7 Å². The van der Waals surface area contributed by atoms with Gasteiger partial charge >= 0.3 is 0 Å². The number of amides is 2. The summed E-state index contributed by atoms with van der Waals surface area (Å²) in [4.78, 5) is 26.0. The van der Waals surface area contributed by atoms with E-state index in [1.54, 1.807) is 24.1 Å². The number of carbonyl (C=O) groups is 2. The van der Waals surface area contributed by atoms with E-state index in [0.717, 1.165) is 35.5 Å². The van der Waals surface area contributed by atoms with Gasteiger partial charge in [-0.05, 0) is 38.5 Å². The highest BCUT2D eigenvalue weighted by molar-refractivity contribution is 5.95. The fourth-order valence-electron chi connectivity index (χ4n) is 3.36. The highest BCUT2D eigenvalue weighted by atomic mass is 16.5. The van der Waals surface area contributed by atoms with E-state index in [1.165, 1.54) is 0 Å². The lowest BCUT2D eigenvalue weighted by Gasteiger charge is -2.19. The van der Waals surface area contributed by atoms with Crippen molar-refractivity contribution in [1.82, 2.24) is 5.32 Å². The van der Waals surface area contributed by atoms with Crippen molar-refractivity contribution < 1.29 is 19.1 Å². The summed E-state index contributed by atoms with van der Waals surface area (Å²) in [5.41, 5.74) is 2.82. The Hall–Kier alpha value is -3.02. The third kappa shape index (κ3) is 4.63. The van der Waals surface area contributed by atoms with Crippen LogP contribution in [0, 0.1) is 6.92 Å². The summed E-state index contributed by atoms with van der Waals surface area (Å²) < 4.78 is 11.0. The number of ether oxygens (including phenoxy) is 2. The second-order valence-electron chi connectivity index (χ2n) is 6.97. The van der Waals surface area contributed by atoms with Crippen LogP contribution in [0.2, 0.25) is 0 Å². The monoisotopic (exact) mass is 382 g/mol. The summed E-state index contributed by atoms with van der Waals surface area (Å²) >= 11 is 0. The molecule has 0 spiro atoms. The van der Waals surface area contributed by atoms with Crippen LogP contribution in [0.15, 0.2) is 42.5 Å². The van der Waals surface area contributed by atoms with Gasteiger partial charge in [0.15, 0.2) is 6.61 Å². The maximum Gasteiger partial charge on any atom is 0.258 e. The van der Waals surface area contributed by atoms with Gasteiger partial charge in [0.1, 0.15) is 11.5 Å². The standard InChI is InChI=1S/C22H26N2O4/c1-15-9-10-20(27-3)19(12-15)16(2)23-21(25)14-28-18-7-4-6-17(13-18)24-11-5-8-22(24)26/h4,6-7,9-10,12-13,16H,5,8,11,14H2,1-3H3,(H,23,25)/t16-/m0/s1. The number of aryl methyl sites for hydroxylation is 1. The molecule has 1 fully saturated rings. The molecule has 2 amide bonds. The lowest BCUT2D eigenvalue weighted by molar-refractivity contribution is -0.123. The molecule has 3 rings (SSSR count). The molecule has 28 heavy (non-hydrogen) atoms. The van der Waals surface area contributed by atoms with Crippen LogP contribution in [0.3, 0.4) is 0 Å². The quantitative estimate of drug-likeness (QED) is 0.797. The molecule has 1 aliphatic rings. The largest absolute Gasteiger partial charge is 0.496 e. The Labute approximate surface area is 165 Å². The van der Waals surface area contributed by atoms with Crippen molar-refractivity contribution in [3.05, 3.63) is 53.6 Å². The molecule has 0 radical (unpaired) electrons. The van der Waals surface area contributed by atoms with E-state index in [4.69, 9.17) is 9.47 Å². The average molecular weight is 382 g/mol. The molecule has 0 aromatic heterocycles. The van der Waals surface area contributed by atoms with Gasteiger partial charge in [0, 0.05) is 30.3 Å². The maximum absolute atomic E-state index is 12.3. The molecule has 1 N–H and O–H groups in total. The predicted molar refractivity (Wildman–Crippen MR) is 108 cm³/mol. The third-order valence-electron chi connectivity index (χ3n) is 4.80. The molecule has 1 atom stereocenters. The van der Waals surface area contributed by atoms with Gasteiger partial charge in [-0.25, -0.2) is 0 Å². The van der Waals surface area contributed by atoms with Crippen molar-refractivity contribution in [1.29, 1.82) is 0 Å². The van der Waals surface area contributed by atoms with Gasteiger partial charge in [0.2, 0.25) is 5.91 Å². The Balaban J connectivity index is 1.59. The molecule has 6 heteroatoms. The molecule has 0 saturated carbocycles. The van der Waals surface area contributed by atoms with Crippen molar-refractivity contribution in [2.45, 2.75) is 32.7 Å². The third-order valence-corrected chi connectivity index (χ3v) is 4.80. The fourth-order valence-corrected chi connectivity index (χ4v) is 3.36. The number of methoxy groups -OCH3 is 1. The number of hydrogen-bond acceptors (Lipinski definition) is 4. The van der Waals surface area contributed by atoms with E-state index >= 15 is 0 Å². The average Bonchev–Trinajstić information content (AvgIpc) is 3.12. The first kappa shape index (κ1) is 19.7. The SMILES string of the molecule is COc1ccc(C)cc1[C@H](C)NC(=O)COc1cccc(N2CCCC2=O)c1. The molecule has 2 aromatic rings. The number of nitrogens with one attached hydrogen (secondary N) is 1. The van der Waals surface area contributed by atoms with Crippen LogP contribution in [0.5, 0.6) is 11.5 Å². The van der Waals surface area contributed by atoms with E-state index in [-0.39, 0.29) is 24.5 Å². The lowest BCUT2D eigenvalue weighted by Crippen LogP contribution is -2.31. The number of carbonyl (C=O) groups excluding carboxylic acids is 2. The van der Waals surface area contributed by atoms with E-state index in [0.29, 0.717) is 12.2 Å². The minimum absolute atomic E-state index is 0.101. The van der Waals surface area contributed by atoms with Crippen molar-refractivity contribution in [2.24, 2.45) is 0 Å². The molecule has 1 aliphatic heterocycles. The number of rotatable bonds is 7. The first-order valence-electron chi connectivity index (χ1n) is 9.45. The number of anilines is 1. The topological polar surface area (TPSA) is 67.9 Å². The Morgan fingerprint density at radius 1 is 1.25 bits per heavy atom. The number of benzene rings is 2. The van der Waals surface area contributed by atoms with Crippen molar-refractivity contribution in [3.63, 3.8) is 0 Å². The zero-order valence-corrected chi connectivity index (χ0v) is 16.5. The minimum Gasteiger partial charge on any atom is -0.496 e. The maximum atomic E-state index is 12.3. The van der Waals surface area contributed by atoms with Crippen molar-refractivity contribution in [3.8, 4) is 11.5 Å². The zero-order valence-electron chi connectivity index (χ0n) is 16.5. The smallest absolute Gasteiger partial charge is 0.258 e. The lowest BCUT2D eigenvalue weighted by atomic mass is 10.0. The minimum atomic E-state index is -0.223. The summed E-state index contributed by atoms with van der Waals surface area (Å²) in [6, 6.07) is 12.9. The normalized spacial score (nSPS) is 14.7. The van der Waals surface area contributed by atoms with E-state index in [9.17, 15) is 9.59 Å². The predicted octanol–water partition coefficient (Wildman–Crippen LogP) is 3.39. The highest BCUT2D eigenvalue weighted by Crippen LogP contribution is 2.27. The summed E-state index contributed by atoms with van der Waals surface area (Å²) in [6.07, 6.45) is 1.44. The van der Waals surface area contributed by atoms with Gasteiger partial charge in [-0.1, -0.05) is 23.8 Å². The second kappa shape index (κ2) is 8.78. The summed E-state index contributed by atoms with van der Waals surface area (Å²) in [6.45, 7) is 4.53. The number of hydrogen-bond donors (Lipinski definition) is 1. The fraction of sp³-hybridized carbons (Fsp3) is 0.364. The van der Waals surface area contributed by atoms with Crippen molar-refractivity contribution >= 4 is 17.5 Å². The highest BCUT2D eigenvalue weighted by Gasteiger charge is 2.22. The van der Waals surface area contributed by atoms with E-state index < -0.39 is 0 Å². The Kier molecular flexibility index (Phi) is 6.19. The van der Waals surface area contributed by atoms with Crippen LogP contribution in [0.1, 0.15) is 36.9 Å². The molecule has 1 heterocycles. The Morgan fingerprint density at radius 3 is 2.79 bits per heavy atom. The van der Waals surface area contributed by atoms with Gasteiger partial charge in [-0.3, -0.25) is 9.59 Å². The summed E-state index contributed by atoms with van der Waals surface area (Å²) in [5.74, 6) is 1.20. The van der Waals surface area contributed by atoms with Crippen molar-refractivity contribution in [2.75, 3.05) is 25.2 Å². The van der Waals surface area contributed by atoms with E-state index in [1.807, 2.05) is 44.2 Å². The molecule has 148 valence electrons. The summed E-state index contributed by atoms with van der Waals surface area (Å²) in [7, 11) is 1.62. The van der Waals surface area contributed by atoms with Gasteiger partial charge in [0.05, 0.1) is 13.2 Å². The molecule has 2 aromatic carbocycles. The van der Waals surface area contributed by atoms with Crippen LogP contribution >= 0.6 is 0 Å².